The Kier molecular flexibility index (Phi) is 4.22. The molecule has 1 atom stereocenters. The average Bonchev–Trinajstić information content (AvgIpc) is 2.85. The van der Waals surface area contributed by atoms with Crippen LogP contribution in [-0.2, 0) is 0 Å². The van der Waals surface area contributed by atoms with Gasteiger partial charge in [-0.1, -0.05) is 29.8 Å². The van der Waals surface area contributed by atoms with Gasteiger partial charge in [0.2, 0.25) is 0 Å². The maximum absolute atomic E-state index is 12.2. The second kappa shape index (κ2) is 6.12. The molecule has 0 amide bonds. The van der Waals surface area contributed by atoms with E-state index in [0.717, 1.165) is 11.4 Å². The van der Waals surface area contributed by atoms with Crippen LogP contribution in [0.4, 0.5) is 14.5 Å². The minimum Gasteiger partial charge on any atom is -0.433 e. The zero-order valence-corrected chi connectivity index (χ0v) is 12.4. The molecule has 1 unspecified atom stereocenters. The monoisotopic (exact) mass is 327 g/mol. The summed E-state index contributed by atoms with van der Waals surface area (Å²) in [7, 11) is 0. The SMILES string of the molecule is FC(F)Oc1ccc(NC2CSc3ccccc32)cc1Cl. The Balaban J connectivity index is 1.76. The number of hydrogen-bond donors (Lipinski definition) is 1. The largest absolute Gasteiger partial charge is 0.433 e. The number of anilines is 1. The highest BCUT2D eigenvalue weighted by Gasteiger charge is 2.22. The molecule has 2 aromatic carbocycles. The molecule has 0 saturated heterocycles. The highest BCUT2D eigenvalue weighted by molar-refractivity contribution is 7.99. The normalized spacial score (nSPS) is 16.9. The van der Waals surface area contributed by atoms with Crippen LogP contribution in [-0.4, -0.2) is 12.4 Å². The molecule has 2 nitrogen and oxygen atoms in total. The zero-order valence-electron chi connectivity index (χ0n) is 10.9. The van der Waals surface area contributed by atoms with Crippen molar-refractivity contribution in [3.05, 3.63) is 53.1 Å². The van der Waals surface area contributed by atoms with E-state index in [2.05, 4.69) is 22.2 Å². The molecule has 0 radical (unpaired) electrons. The van der Waals surface area contributed by atoms with Crippen LogP contribution in [0, 0.1) is 0 Å². The van der Waals surface area contributed by atoms with Gasteiger partial charge in [0.05, 0.1) is 11.1 Å². The summed E-state index contributed by atoms with van der Waals surface area (Å²) in [5.74, 6) is 0.908. The third kappa shape index (κ3) is 3.24. The second-order valence-electron chi connectivity index (χ2n) is 4.57. The Morgan fingerprint density at radius 1 is 1.24 bits per heavy atom. The first-order chi connectivity index (χ1) is 10.1. The smallest absolute Gasteiger partial charge is 0.387 e. The first-order valence-electron chi connectivity index (χ1n) is 6.36. The van der Waals surface area contributed by atoms with Gasteiger partial charge in [0.1, 0.15) is 5.75 Å². The molecule has 1 aliphatic rings. The van der Waals surface area contributed by atoms with Gasteiger partial charge in [-0.05, 0) is 29.8 Å². The molecule has 0 aliphatic carbocycles. The van der Waals surface area contributed by atoms with E-state index < -0.39 is 6.61 Å². The molecule has 0 spiro atoms. The van der Waals surface area contributed by atoms with Crippen LogP contribution in [0.3, 0.4) is 0 Å². The lowest BCUT2D eigenvalue weighted by atomic mass is 10.1. The maximum atomic E-state index is 12.2. The molecule has 1 N–H and O–H groups in total. The number of nitrogens with one attached hydrogen (secondary N) is 1. The van der Waals surface area contributed by atoms with Crippen molar-refractivity contribution in [3.63, 3.8) is 0 Å². The molecular formula is C15H12ClF2NOS. The number of halogens is 3. The van der Waals surface area contributed by atoms with Crippen molar-refractivity contribution in [1.82, 2.24) is 0 Å². The summed E-state index contributed by atoms with van der Waals surface area (Å²) in [4.78, 5) is 1.26. The van der Waals surface area contributed by atoms with Crippen LogP contribution in [0.1, 0.15) is 11.6 Å². The fourth-order valence-corrected chi connectivity index (χ4v) is 3.65. The number of hydrogen-bond acceptors (Lipinski definition) is 3. The van der Waals surface area contributed by atoms with Crippen molar-refractivity contribution in [2.24, 2.45) is 0 Å². The van der Waals surface area contributed by atoms with E-state index in [0.29, 0.717) is 0 Å². The lowest BCUT2D eigenvalue weighted by Crippen LogP contribution is -2.10. The Labute approximate surface area is 130 Å². The van der Waals surface area contributed by atoms with Crippen molar-refractivity contribution in [3.8, 4) is 5.75 Å². The van der Waals surface area contributed by atoms with E-state index in [1.54, 1.807) is 23.9 Å². The summed E-state index contributed by atoms with van der Waals surface area (Å²) >= 11 is 7.75. The van der Waals surface area contributed by atoms with Crippen LogP contribution >= 0.6 is 23.4 Å². The lowest BCUT2D eigenvalue weighted by Gasteiger charge is -2.16. The van der Waals surface area contributed by atoms with Gasteiger partial charge in [0.25, 0.3) is 0 Å². The first-order valence-corrected chi connectivity index (χ1v) is 7.72. The zero-order chi connectivity index (χ0) is 14.8. The Hall–Kier alpha value is -1.46. The van der Waals surface area contributed by atoms with Gasteiger partial charge in [0, 0.05) is 16.3 Å². The number of rotatable bonds is 4. The molecular weight excluding hydrogens is 316 g/mol. The van der Waals surface area contributed by atoms with E-state index in [4.69, 9.17) is 11.6 Å². The molecule has 6 heteroatoms. The van der Waals surface area contributed by atoms with Crippen molar-refractivity contribution < 1.29 is 13.5 Å². The molecule has 0 saturated carbocycles. The van der Waals surface area contributed by atoms with E-state index in [9.17, 15) is 8.78 Å². The third-order valence-corrected chi connectivity index (χ3v) is 4.67. The van der Waals surface area contributed by atoms with Gasteiger partial charge >= 0.3 is 6.61 Å². The number of thioether (sulfide) groups is 1. The van der Waals surface area contributed by atoms with E-state index >= 15 is 0 Å². The summed E-state index contributed by atoms with van der Waals surface area (Å²) in [6, 6.07) is 13.1. The Bertz CT molecular complexity index is 653. The molecule has 1 heterocycles. The summed E-state index contributed by atoms with van der Waals surface area (Å²) in [5, 5.41) is 3.54. The molecule has 0 fully saturated rings. The summed E-state index contributed by atoms with van der Waals surface area (Å²) < 4.78 is 28.7. The van der Waals surface area contributed by atoms with Gasteiger partial charge in [-0.2, -0.15) is 8.78 Å². The molecule has 2 aromatic rings. The Morgan fingerprint density at radius 3 is 2.81 bits per heavy atom. The topological polar surface area (TPSA) is 21.3 Å². The quantitative estimate of drug-likeness (QED) is 0.834. The van der Waals surface area contributed by atoms with Crippen LogP contribution in [0.25, 0.3) is 0 Å². The van der Waals surface area contributed by atoms with Gasteiger partial charge < -0.3 is 10.1 Å². The average molecular weight is 328 g/mol. The van der Waals surface area contributed by atoms with Crippen molar-refractivity contribution in [1.29, 1.82) is 0 Å². The van der Waals surface area contributed by atoms with Crippen LogP contribution < -0.4 is 10.1 Å². The van der Waals surface area contributed by atoms with Crippen LogP contribution in [0.15, 0.2) is 47.4 Å². The predicted octanol–water partition coefficient (Wildman–Crippen LogP) is 5.20. The number of benzene rings is 2. The highest BCUT2D eigenvalue weighted by atomic mass is 35.5. The highest BCUT2D eigenvalue weighted by Crippen LogP contribution is 2.40. The van der Waals surface area contributed by atoms with Gasteiger partial charge in [-0.15, -0.1) is 11.8 Å². The fraction of sp³-hybridized carbons (Fsp3) is 0.200. The first kappa shape index (κ1) is 14.5. The summed E-state index contributed by atoms with van der Waals surface area (Å²) in [5.41, 5.74) is 2.02. The molecule has 0 bridgehead atoms. The fourth-order valence-electron chi connectivity index (χ4n) is 2.27. The van der Waals surface area contributed by atoms with E-state index in [1.165, 1.54) is 16.5 Å². The molecule has 21 heavy (non-hydrogen) atoms. The van der Waals surface area contributed by atoms with Crippen LogP contribution in [0.2, 0.25) is 5.02 Å². The van der Waals surface area contributed by atoms with Gasteiger partial charge in [-0.25, -0.2) is 0 Å². The predicted molar refractivity (Wildman–Crippen MR) is 81.6 cm³/mol. The van der Waals surface area contributed by atoms with Crippen molar-refractivity contribution in [2.75, 3.05) is 11.1 Å². The number of fused-ring (bicyclic) bond motifs is 1. The minimum absolute atomic E-state index is 0.0154. The molecule has 0 aromatic heterocycles. The Morgan fingerprint density at radius 2 is 2.05 bits per heavy atom. The molecule has 3 rings (SSSR count). The summed E-state index contributed by atoms with van der Waals surface area (Å²) in [6.45, 7) is -2.88. The minimum atomic E-state index is -2.88. The third-order valence-electron chi connectivity index (χ3n) is 3.19. The van der Waals surface area contributed by atoms with Crippen molar-refractivity contribution in [2.45, 2.75) is 17.5 Å². The number of ether oxygens (including phenoxy) is 1. The lowest BCUT2D eigenvalue weighted by molar-refractivity contribution is -0.0497. The van der Waals surface area contributed by atoms with Gasteiger partial charge in [-0.3, -0.25) is 0 Å². The van der Waals surface area contributed by atoms with E-state index in [-0.39, 0.29) is 16.8 Å². The second-order valence-corrected chi connectivity index (χ2v) is 6.04. The molecule has 1 aliphatic heterocycles. The van der Waals surface area contributed by atoms with Crippen molar-refractivity contribution >= 4 is 29.1 Å². The maximum Gasteiger partial charge on any atom is 0.387 e. The summed E-state index contributed by atoms with van der Waals surface area (Å²) in [6.07, 6.45) is 0. The molecule has 110 valence electrons. The van der Waals surface area contributed by atoms with Crippen LogP contribution in [0.5, 0.6) is 5.75 Å². The van der Waals surface area contributed by atoms with E-state index in [1.807, 2.05) is 12.1 Å². The number of alkyl halides is 2. The van der Waals surface area contributed by atoms with Gasteiger partial charge in [0.15, 0.2) is 0 Å². The standard InChI is InChI=1S/C15H12ClF2NOS/c16-11-7-9(5-6-13(11)20-15(17)18)19-12-8-21-14-4-2-1-3-10(12)14/h1-7,12,15,19H,8H2.